The largest absolute Gasteiger partial charge is 0.416 e. The van der Waals surface area contributed by atoms with E-state index in [1.165, 1.54) is 0 Å². The van der Waals surface area contributed by atoms with E-state index >= 15 is 0 Å². The molecule has 1 amide bonds. The molecule has 1 rings (SSSR count). The number of amides is 1. The van der Waals surface area contributed by atoms with Crippen LogP contribution in [-0.4, -0.2) is 12.5 Å². The first-order valence-electron chi connectivity index (χ1n) is 6.43. The Morgan fingerprint density at radius 2 is 2.14 bits per heavy atom. The molecule has 3 N–H and O–H groups in total. The Balaban J connectivity index is 2.90. The molecule has 114 valence electrons. The van der Waals surface area contributed by atoms with E-state index < -0.39 is 11.7 Å². The van der Waals surface area contributed by atoms with Gasteiger partial charge in [0.05, 0.1) is 16.8 Å². The Bertz CT molecular complexity index is 545. The highest BCUT2D eigenvalue weighted by molar-refractivity contribution is 5.92. The number of nitrogens with zero attached hydrogens (tertiary/aromatic N) is 1. The molecule has 0 saturated heterocycles. The molecule has 0 radical (unpaired) electrons. The minimum atomic E-state index is -4.53. The minimum Gasteiger partial charge on any atom is -0.330 e. The molecular formula is C14H16F3N3O. The third kappa shape index (κ3) is 4.76. The predicted molar refractivity (Wildman–Crippen MR) is 72.2 cm³/mol. The summed E-state index contributed by atoms with van der Waals surface area (Å²) in [5, 5.41) is 11.4. The molecule has 0 aliphatic rings. The molecule has 1 unspecified atom stereocenters. The molecule has 0 aromatic heterocycles. The first-order valence-corrected chi connectivity index (χ1v) is 6.43. The average molecular weight is 299 g/mol. The zero-order valence-electron chi connectivity index (χ0n) is 11.5. The Hall–Kier alpha value is -2.07. The number of nitriles is 1. The molecular weight excluding hydrogens is 283 g/mol. The second-order valence-electron chi connectivity index (χ2n) is 4.63. The molecule has 0 fully saturated rings. The number of carbonyl (C=O) groups excluding carboxylic acids is 1. The molecule has 7 heteroatoms. The van der Waals surface area contributed by atoms with Crippen molar-refractivity contribution in [3.8, 4) is 6.07 Å². The lowest BCUT2D eigenvalue weighted by molar-refractivity contribution is -0.137. The lowest BCUT2D eigenvalue weighted by Gasteiger charge is -2.14. The van der Waals surface area contributed by atoms with Crippen molar-refractivity contribution in [2.24, 2.45) is 11.7 Å². The summed E-state index contributed by atoms with van der Waals surface area (Å²) in [6.07, 6.45) is -3.64. The average Bonchev–Trinajstić information content (AvgIpc) is 2.43. The zero-order valence-corrected chi connectivity index (χ0v) is 11.5. The number of carbonyl (C=O) groups is 1. The number of benzene rings is 1. The van der Waals surface area contributed by atoms with Crippen LogP contribution in [-0.2, 0) is 11.0 Å². The second-order valence-corrected chi connectivity index (χ2v) is 4.63. The van der Waals surface area contributed by atoms with Gasteiger partial charge in [-0.2, -0.15) is 18.4 Å². The first kappa shape index (κ1) is 17.0. The van der Waals surface area contributed by atoms with Gasteiger partial charge >= 0.3 is 6.18 Å². The van der Waals surface area contributed by atoms with Gasteiger partial charge < -0.3 is 11.1 Å². The highest BCUT2D eigenvalue weighted by Crippen LogP contribution is 2.31. The van der Waals surface area contributed by atoms with Crippen molar-refractivity contribution in [1.82, 2.24) is 0 Å². The van der Waals surface area contributed by atoms with Crippen LogP contribution < -0.4 is 11.1 Å². The van der Waals surface area contributed by atoms with Gasteiger partial charge in [0.1, 0.15) is 6.07 Å². The Morgan fingerprint density at radius 1 is 1.48 bits per heavy atom. The van der Waals surface area contributed by atoms with E-state index in [4.69, 9.17) is 11.0 Å². The zero-order chi connectivity index (χ0) is 16.0. The van der Waals surface area contributed by atoms with Gasteiger partial charge in [-0.25, -0.2) is 0 Å². The number of hydrogen-bond donors (Lipinski definition) is 2. The maximum atomic E-state index is 12.6. The molecule has 0 bridgehead atoms. The smallest absolute Gasteiger partial charge is 0.330 e. The van der Waals surface area contributed by atoms with E-state index in [1.54, 1.807) is 6.07 Å². The summed E-state index contributed by atoms with van der Waals surface area (Å²) in [7, 11) is 0. The number of hydrogen-bond acceptors (Lipinski definition) is 3. The van der Waals surface area contributed by atoms with Crippen molar-refractivity contribution in [3.63, 3.8) is 0 Å². The third-order valence-electron chi connectivity index (χ3n) is 3.13. The predicted octanol–water partition coefficient (Wildman–Crippen LogP) is 2.89. The number of halogens is 3. The fourth-order valence-electron chi connectivity index (χ4n) is 1.78. The summed E-state index contributed by atoms with van der Waals surface area (Å²) in [4.78, 5) is 11.8. The molecule has 1 aromatic carbocycles. The summed E-state index contributed by atoms with van der Waals surface area (Å²) in [6, 6.07) is 4.29. The van der Waals surface area contributed by atoms with Crippen molar-refractivity contribution in [3.05, 3.63) is 29.3 Å². The van der Waals surface area contributed by atoms with Crippen LogP contribution in [0.5, 0.6) is 0 Å². The molecule has 0 aliphatic carbocycles. The van der Waals surface area contributed by atoms with Gasteiger partial charge in [0.2, 0.25) is 5.91 Å². The monoisotopic (exact) mass is 299 g/mol. The van der Waals surface area contributed by atoms with Crippen molar-refractivity contribution >= 4 is 11.6 Å². The molecule has 0 aliphatic heterocycles. The normalized spacial score (nSPS) is 12.6. The topological polar surface area (TPSA) is 78.9 Å². The lowest BCUT2D eigenvalue weighted by atomic mass is 10.0. The number of nitrogens with two attached hydrogens (primary N) is 1. The molecule has 1 aromatic rings. The van der Waals surface area contributed by atoms with E-state index in [0.29, 0.717) is 6.54 Å². The van der Waals surface area contributed by atoms with Crippen molar-refractivity contribution in [2.75, 3.05) is 11.9 Å². The number of alkyl halides is 3. The molecule has 0 saturated carbocycles. The van der Waals surface area contributed by atoms with Crippen molar-refractivity contribution in [2.45, 2.75) is 25.9 Å². The minimum absolute atomic E-state index is 0.00461. The van der Waals surface area contributed by atoms with Crippen molar-refractivity contribution in [1.29, 1.82) is 5.26 Å². The number of nitrogens with one attached hydrogen (secondary N) is 1. The van der Waals surface area contributed by atoms with Gasteiger partial charge in [0.25, 0.3) is 0 Å². The Morgan fingerprint density at radius 3 is 2.62 bits per heavy atom. The quantitative estimate of drug-likeness (QED) is 0.877. The number of rotatable bonds is 5. The molecule has 0 heterocycles. The van der Waals surface area contributed by atoms with Gasteiger partial charge in [-0.15, -0.1) is 0 Å². The van der Waals surface area contributed by atoms with Gasteiger partial charge in [-0.05, 0) is 30.7 Å². The molecule has 0 spiro atoms. The fourth-order valence-corrected chi connectivity index (χ4v) is 1.78. The summed E-state index contributed by atoms with van der Waals surface area (Å²) in [6.45, 7) is 2.24. The van der Waals surface area contributed by atoms with Crippen molar-refractivity contribution < 1.29 is 18.0 Å². The van der Waals surface area contributed by atoms with E-state index in [1.807, 2.05) is 6.92 Å². The summed E-state index contributed by atoms with van der Waals surface area (Å²) >= 11 is 0. The highest BCUT2D eigenvalue weighted by Gasteiger charge is 2.31. The lowest BCUT2D eigenvalue weighted by Crippen LogP contribution is -2.22. The first-order chi connectivity index (χ1) is 9.81. The molecule has 4 nitrogen and oxygen atoms in total. The SMILES string of the molecule is CCC(CN)CC(=O)Nc1ccc(C(F)(F)F)cc1C#N. The van der Waals surface area contributed by atoms with Gasteiger partial charge in [-0.1, -0.05) is 13.3 Å². The van der Waals surface area contributed by atoms with E-state index in [9.17, 15) is 18.0 Å². The van der Waals surface area contributed by atoms with Gasteiger partial charge in [0, 0.05) is 6.42 Å². The van der Waals surface area contributed by atoms with E-state index in [-0.39, 0.29) is 29.5 Å². The fraction of sp³-hybridized carbons (Fsp3) is 0.429. The third-order valence-corrected chi connectivity index (χ3v) is 3.13. The van der Waals surface area contributed by atoms with E-state index in [0.717, 1.165) is 24.6 Å². The van der Waals surface area contributed by atoms with Crippen LogP contribution in [0.15, 0.2) is 18.2 Å². The highest BCUT2D eigenvalue weighted by atomic mass is 19.4. The standard InChI is InChI=1S/C14H16F3N3O/c1-2-9(7-18)5-13(21)20-12-4-3-11(14(15,16)17)6-10(12)8-19/h3-4,6,9H,2,5,7,18H2,1H3,(H,20,21). The Kier molecular flexibility index (Phi) is 5.73. The Labute approximate surface area is 120 Å². The molecule has 21 heavy (non-hydrogen) atoms. The summed E-state index contributed by atoms with van der Waals surface area (Å²) < 4.78 is 37.7. The van der Waals surface area contributed by atoms with Gasteiger partial charge in [0.15, 0.2) is 0 Å². The van der Waals surface area contributed by atoms with E-state index in [2.05, 4.69) is 5.32 Å². The van der Waals surface area contributed by atoms with Crippen LogP contribution in [0.4, 0.5) is 18.9 Å². The van der Waals surface area contributed by atoms with Crippen LogP contribution in [0.1, 0.15) is 30.9 Å². The van der Waals surface area contributed by atoms with Gasteiger partial charge in [-0.3, -0.25) is 4.79 Å². The summed E-state index contributed by atoms with van der Waals surface area (Å²) in [5.41, 5.74) is 4.41. The van der Waals surface area contributed by atoms with Crippen LogP contribution >= 0.6 is 0 Å². The van der Waals surface area contributed by atoms with Crippen LogP contribution in [0.2, 0.25) is 0 Å². The summed E-state index contributed by atoms with van der Waals surface area (Å²) in [5.74, 6) is -0.367. The van der Waals surface area contributed by atoms with Crippen LogP contribution in [0.3, 0.4) is 0 Å². The number of anilines is 1. The second kappa shape index (κ2) is 7.09. The van der Waals surface area contributed by atoms with Crippen LogP contribution in [0, 0.1) is 17.2 Å². The maximum Gasteiger partial charge on any atom is 0.416 e. The molecule has 1 atom stereocenters. The maximum absolute atomic E-state index is 12.6. The van der Waals surface area contributed by atoms with Crippen LogP contribution in [0.25, 0.3) is 0 Å².